The third kappa shape index (κ3) is 4.59. The van der Waals surface area contributed by atoms with Gasteiger partial charge in [-0.1, -0.05) is 13.8 Å². The maximum atomic E-state index is 12.3. The summed E-state index contributed by atoms with van der Waals surface area (Å²) < 4.78 is 27.6. The van der Waals surface area contributed by atoms with Gasteiger partial charge < -0.3 is 5.32 Å². The summed E-state index contributed by atoms with van der Waals surface area (Å²) in [6.45, 7) is 6.10. The average Bonchev–Trinajstić information content (AvgIpc) is 2.82. The van der Waals surface area contributed by atoms with Crippen molar-refractivity contribution in [2.75, 3.05) is 27.2 Å². The molecule has 7 heteroatoms. The van der Waals surface area contributed by atoms with E-state index in [2.05, 4.69) is 24.3 Å². The Morgan fingerprint density at radius 3 is 2.74 bits per heavy atom. The first-order valence-electron chi connectivity index (χ1n) is 6.51. The highest BCUT2D eigenvalue weighted by Crippen LogP contribution is 2.14. The van der Waals surface area contributed by atoms with Gasteiger partial charge in [-0.2, -0.15) is 5.10 Å². The minimum Gasteiger partial charge on any atom is -0.318 e. The highest BCUT2D eigenvalue weighted by atomic mass is 32.2. The Bertz CT molecular complexity index is 482. The summed E-state index contributed by atoms with van der Waals surface area (Å²) in [5.74, 6) is 0.482. The maximum absolute atomic E-state index is 12.3. The van der Waals surface area contributed by atoms with Gasteiger partial charge in [-0.3, -0.25) is 4.68 Å². The molecular weight excluding hydrogens is 264 g/mol. The molecule has 1 aromatic heterocycles. The summed E-state index contributed by atoms with van der Waals surface area (Å²) in [6, 6.07) is 0. The van der Waals surface area contributed by atoms with Crippen LogP contribution in [-0.2, 0) is 16.6 Å². The zero-order valence-corrected chi connectivity index (χ0v) is 12.9. The molecule has 0 aliphatic rings. The zero-order valence-electron chi connectivity index (χ0n) is 12.1. The number of hydrogen-bond donors (Lipinski definition) is 1. The number of hydrogen-bond acceptors (Lipinski definition) is 4. The lowest BCUT2D eigenvalue weighted by Crippen LogP contribution is -2.28. The van der Waals surface area contributed by atoms with Crippen molar-refractivity contribution in [3.63, 3.8) is 0 Å². The molecule has 6 nitrogen and oxygen atoms in total. The molecule has 0 aliphatic carbocycles. The molecule has 1 heterocycles. The van der Waals surface area contributed by atoms with Crippen LogP contribution >= 0.6 is 0 Å². The predicted molar refractivity (Wildman–Crippen MR) is 75.4 cm³/mol. The van der Waals surface area contributed by atoms with Crippen LogP contribution in [-0.4, -0.2) is 49.7 Å². The van der Waals surface area contributed by atoms with E-state index in [9.17, 15) is 8.42 Å². The molecule has 0 saturated heterocycles. The zero-order chi connectivity index (χ0) is 14.5. The highest BCUT2D eigenvalue weighted by molar-refractivity contribution is 7.89. The third-order valence-electron chi connectivity index (χ3n) is 2.93. The topological polar surface area (TPSA) is 67.2 Å². The van der Waals surface area contributed by atoms with Crippen molar-refractivity contribution in [2.24, 2.45) is 5.92 Å². The Morgan fingerprint density at radius 1 is 1.47 bits per heavy atom. The summed E-state index contributed by atoms with van der Waals surface area (Å²) in [5.41, 5.74) is 0. The summed E-state index contributed by atoms with van der Waals surface area (Å²) in [4.78, 5) is 0.259. The molecule has 0 unspecified atom stereocenters. The molecule has 0 aliphatic heterocycles. The van der Waals surface area contributed by atoms with Crippen molar-refractivity contribution in [2.45, 2.75) is 31.7 Å². The van der Waals surface area contributed by atoms with Gasteiger partial charge in [0.1, 0.15) is 4.90 Å². The van der Waals surface area contributed by atoms with Crippen molar-refractivity contribution >= 4 is 10.0 Å². The molecule has 0 amide bonds. The van der Waals surface area contributed by atoms with Gasteiger partial charge in [-0.05, 0) is 19.4 Å². The van der Waals surface area contributed by atoms with Gasteiger partial charge in [-0.25, -0.2) is 12.7 Å². The molecule has 0 spiro atoms. The molecule has 1 aromatic rings. The molecule has 0 saturated carbocycles. The first kappa shape index (κ1) is 16.1. The number of sulfonamides is 1. The second-order valence-corrected chi connectivity index (χ2v) is 7.10. The van der Waals surface area contributed by atoms with E-state index in [4.69, 9.17) is 0 Å². The van der Waals surface area contributed by atoms with Crippen LogP contribution in [0.2, 0.25) is 0 Å². The SMILES string of the molecule is CNCCn1cc(S(=O)(=O)N(C)CCC(C)C)cn1. The van der Waals surface area contributed by atoms with Gasteiger partial charge in [0.2, 0.25) is 10.0 Å². The first-order valence-corrected chi connectivity index (χ1v) is 7.95. The molecule has 0 aromatic carbocycles. The van der Waals surface area contributed by atoms with Crippen LogP contribution in [0.4, 0.5) is 0 Å². The predicted octanol–water partition coefficient (Wildman–Crippen LogP) is 0.769. The van der Waals surface area contributed by atoms with Gasteiger partial charge in [-0.15, -0.1) is 0 Å². The van der Waals surface area contributed by atoms with Crippen LogP contribution in [0.25, 0.3) is 0 Å². The smallest absolute Gasteiger partial charge is 0.245 e. The van der Waals surface area contributed by atoms with Crippen LogP contribution in [0.5, 0.6) is 0 Å². The summed E-state index contributed by atoms with van der Waals surface area (Å²) >= 11 is 0. The van der Waals surface area contributed by atoms with Crippen LogP contribution in [0.1, 0.15) is 20.3 Å². The van der Waals surface area contributed by atoms with E-state index in [1.165, 1.54) is 10.5 Å². The standard InChI is InChI=1S/C12H24N4O2S/c1-11(2)5-7-15(4)19(17,18)12-9-14-16(10-12)8-6-13-3/h9-11,13H,5-8H2,1-4H3. The lowest BCUT2D eigenvalue weighted by Gasteiger charge is -2.16. The molecule has 0 radical (unpaired) electrons. The Labute approximate surface area is 115 Å². The van der Waals surface area contributed by atoms with Gasteiger partial charge in [0.25, 0.3) is 0 Å². The summed E-state index contributed by atoms with van der Waals surface area (Å²) in [6.07, 6.45) is 3.85. The molecular formula is C12H24N4O2S. The first-order chi connectivity index (χ1) is 8.87. The fraction of sp³-hybridized carbons (Fsp3) is 0.750. The van der Waals surface area contributed by atoms with E-state index in [0.29, 0.717) is 19.0 Å². The number of nitrogens with one attached hydrogen (secondary N) is 1. The molecule has 110 valence electrons. The highest BCUT2D eigenvalue weighted by Gasteiger charge is 2.22. The normalized spacial score (nSPS) is 12.5. The molecule has 0 fully saturated rings. The Kier molecular flexibility index (Phi) is 5.96. The van der Waals surface area contributed by atoms with Crippen molar-refractivity contribution in [3.8, 4) is 0 Å². The molecule has 0 atom stereocenters. The van der Waals surface area contributed by atoms with E-state index in [0.717, 1.165) is 13.0 Å². The van der Waals surface area contributed by atoms with E-state index in [1.54, 1.807) is 17.9 Å². The lowest BCUT2D eigenvalue weighted by atomic mass is 10.1. The quantitative estimate of drug-likeness (QED) is 0.767. The lowest BCUT2D eigenvalue weighted by molar-refractivity contribution is 0.428. The van der Waals surface area contributed by atoms with Crippen molar-refractivity contribution in [1.82, 2.24) is 19.4 Å². The molecule has 1 rings (SSSR count). The molecule has 0 bridgehead atoms. The van der Waals surface area contributed by atoms with Gasteiger partial charge in [0.15, 0.2) is 0 Å². The Balaban J connectivity index is 2.73. The molecule has 1 N–H and O–H groups in total. The number of nitrogens with zero attached hydrogens (tertiary/aromatic N) is 3. The second kappa shape index (κ2) is 7.02. The Morgan fingerprint density at radius 2 is 2.16 bits per heavy atom. The van der Waals surface area contributed by atoms with E-state index in [-0.39, 0.29) is 4.90 Å². The number of rotatable bonds is 8. The van der Waals surface area contributed by atoms with Gasteiger partial charge in [0, 0.05) is 26.3 Å². The van der Waals surface area contributed by atoms with Crippen LogP contribution in [0.3, 0.4) is 0 Å². The minimum atomic E-state index is -3.41. The average molecular weight is 288 g/mol. The van der Waals surface area contributed by atoms with Gasteiger partial charge in [0.05, 0.1) is 12.7 Å². The van der Waals surface area contributed by atoms with Crippen molar-refractivity contribution in [1.29, 1.82) is 0 Å². The molecule has 19 heavy (non-hydrogen) atoms. The largest absolute Gasteiger partial charge is 0.318 e. The van der Waals surface area contributed by atoms with E-state index in [1.807, 2.05) is 7.05 Å². The van der Waals surface area contributed by atoms with Crippen molar-refractivity contribution in [3.05, 3.63) is 12.4 Å². The third-order valence-corrected chi connectivity index (χ3v) is 4.74. The minimum absolute atomic E-state index is 0.259. The summed E-state index contributed by atoms with van der Waals surface area (Å²) in [7, 11) is 0.0525. The van der Waals surface area contributed by atoms with E-state index >= 15 is 0 Å². The van der Waals surface area contributed by atoms with Crippen LogP contribution in [0.15, 0.2) is 17.3 Å². The van der Waals surface area contributed by atoms with Crippen LogP contribution in [0, 0.1) is 5.92 Å². The monoisotopic (exact) mass is 288 g/mol. The van der Waals surface area contributed by atoms with Gasteiger partial charge >= 0.3 is 0 Å². The maximum Gasteiger partial charge on any atom is 0.245 e. The fourth-order valence-corrected chi connectivity index (χ4v) is 2.71. The van der Waals surface area contributed by atoms with E-state index < -0.39 is 10.0 Å². The number of aromatic nitrogens is 2. The summed E-state index contributed by atoms with van der Waals surface area (Å²) in [5, 5.41) is 7.07. The number of likely N-dealkylation sites (N-methyl/N-ethyl adjacent to an activating group) is 1. The fourth-order valence-electron chi connectivity index (χ4n) is 1.57. The van der Waals surface area contributed by atoms with Crippen LogP contribution < -0.4 is 5.32 Å². The van der Waals surface area contributed by atoms with Crippen molar-refractivity contribution < 1.29 is 8.42 Å². The Hall–Kier alpha value is -0.920. The second-order valence-electron chi connectivity index (χ2n) is 5.05.